The van der Waals surface area contributed by atoms with Gasteiger partial charge < -0.3 is 29.2 Å². The summed E-state index contributed by atoms with van der Waals surface area (Å²) >= 11 is 1.14. The van der Waals surface area contributed by atoms with Crippen LogP contribution in [-0.2, 0) is 41.4 Å². The van der Waals surface area contributed by atoms with Gasteiger partial charge in [0.05, 0.1) is 29.3 Å². The molecule has 4 heterocycles. The van der Waals surface area contributed by atoms with Gasteiger partial charge in [-0.2, -0.15) is 0 Å². The maximum Gasteiger partial charge on any atom is 0.414 e. The molecule has 1 amide bonds. The van der Waals surface area contributed by atoms with E-state index in [-0.39, 0.29) is 60.1 Å². The molecule has 3 aliphatic rings. The third-order valence-corrected chi connectivity index (χ3v) is 7.89. The largest absolute Gasteiger partial charge is 0.466 e. The van der Waals surface area contributed by atoms with Gasteiger partial charge >= 0.3 is 23.7 Å². The van der Waals surface area contributed by atoms with Crippen LogP contribution in [0.2, 0.25) is 0 Å². The Morgan fingerprint density at radius 3 is 2.79 bits per heavy atom. The minimum absolute atomic E-state index is 0.00462. The number of ether oxygens (including phenoxy) is 3. The summed E-state index contributed by atoms with van der Waals surface area (Å²) < 4.78 is 17.2. The highest BCUT2D eigenvalue weighted by atomic mass is 32.2. The first-order valence-corrected chi connectivity index (χ1v) is 13.1. The Morgan fingerprint density at radius 2 is 2.05 bits per heavy atom. The summed E-state index contributed by atoms with van der Waals surface area (Å²) in [5.74, 6) is -3.02. The minimum Gasteiger partial charge on any atom is -0.466 e. The van der Waals surface area contributed by atoms with Gasteiger partial charge in [-0.05, 0) is 17.4 Å². The molecule has 0 aliphatic carbocycles. The van der Waals surface area contributed by atoms with Crippen molar-refractivity contribution in [3.8, 4) is 0 Å². The molecule has 3 aliphatic heterocycles. The number of benzene rings is 1. The zero-order valence-electron chi connectivity index (χ0n) is 20.9. The van der Waals surface area contributed by atoms with Gasteiger partial charge in [0.2, 0.25) is 5.91 Å². The van der Waals surface area contributed by atoms with E-state index in [2.05, 4.69) is 10.3 Å². The molecule has 1 aromatic carbocycles. The first-order valence-electron chi connectivity index (χ1n) is 12.1. The van der Waals surface area contributed by atoms with Gasteiger partial charge in [-0.3, -0.25) is 9.59 Å². The maximum atomic E-state index is 13.4. The highest BCUT2D eigenvalue weighted by Gasteiger charge is 2.55. The first kappa shape index (κ1) is 26.3. The van der Waals surface area contributed by atoms with Crippen LogP contribution in [0.25, 0.3) is 0 Å². The van der Waals surface area contributed by atoms with E-state index >= 15 is 0 Å². The van der Waals surface area contributed by atoms with Crippen LogP contribution < -0.4 is 0 Å². The van der Waals surface area contributed by atoms with Crippen molar-refractivity contribution in [2.24, 2.45) is 13.0 Å². The molecule has 3 atom stereocenters. The Balaban J connectivity index is 1.37. The van der Waals surface area contributed by atoms with E-state index in [0.717, 1.165) is 11.8 Å². The lowest BCUT2D eigenvalue weighted by atomic mass is 9.85. The molecule has 0 radical (unpaired) electrons. The van der Waals surface area contributed by atoms with Crippen molar-refractivity contribution < 1.29 is 38.3 Å². The van der Waals surface area contributed by atoms with Crippen LogP contribution in [0.4, 0.5) is 5.82 Å². The Bertz CT molecular complexity index is 1420. The summed E-state index contributed by atoms with van der Waals surface area (Å²) in [5, 5.41) is 18.6. The predicted molar refractivity (Wildman–Crippen MR) is 131 cm³/mol. The van der Waals surface area contributed by atoms with E-state index in [1.54, 1.807) is 31.2 Å². The molecular weight excluding hydrogens is 534 g/mol. The van der Waals surface area contributed by atoms with Crippen molar-refractivity contribution in [2.75, 3.05) is 6.61 Å². The van der Waals surface area contributed by atoms with Crippen molar-refractivity contribution in [3.63, 3.8) is 0 Å². The van der Waals surface area contributed by atoms with E-state index in [9.17, 15) is 29.3 Å². The number of amides is 1. The molecule has 1 fully saturated rings. The van der Waals surface area contributed by atoms with Gasteiger partial charge in [-0.1, -0.05) is 25.1 Å². The lowest BCUT2D eigenvalue weighted by Gasteiger charge is -2.43. The van der Waals surface area contributed by atoms with E-state index in [1.807, 2.05) is 0 Å². The first-order chi connectivity index (χ1) is 18.7. The molecule has 2 aromatic rings. The monoisotopic (exact) mass is 557 g/mol. The number of esters is 3. The topological polar surface area (TPSA) is 173 Å². The smallest absolute Gasteiger partial charge is 0.414 e. The lowest BCUT2D eigenvalue weighted by Crippen LogP contribution is -2.58. The Kier molecular flexibility index (Phi) is 7.08. The van der Waals surface area contributed by atoms with Gasteiger partial charge in [-0.15, -0.1) is 11.8 Å². The number of thioether (sulfide) groups is 1. The van der Waals surface area contributed by atoms with Crippen LogP contribution in [-0.4, -0.2) is 61.3 Å². The number of aryl methyl sites for hydroxylation is 1. The molecule has 1 saturated heterocycles. The molecule has 204 valence electrons. The van der Waals surface area contributed by atoms with Crippen LogP contribution in [0.15, 0.2) is 34.9 Å². The standard InChI is InChI=1S/C24H23N5O9S/c1-3-18(30)36-9-8-14-15-10-17(39-11-16-20(29(34)35)25-26-27(16)2)19(28(15)21(14)31)23(33)38-24-13-7-5-4-6-12(13)22(32)37-24/h4-7,14-15,24H,3,8-11H2,1-2H3. The second-order valence-electron chi connectivity index (χ2n) is 8.98. The van der Waals surface area contributed by atoms with Crippen LogP contribution >= 0.6 is 11.8 Å². The van der Waals surface area contributed by atoms with Gasteiger partial charge in [-0.25, -0.2) is 14.3 Å². The number of nitrogens with zero attached hydrogens (tertiary/aromatic N) is 5. The van der Waals surface area contributed by atoms with E-state index < -0.39 is 34.9 Å². The van der Waals surface area contributed by atoms with Crippen LogP contribution in [0, 0.1) is 16.0 Å². The molecule has 0 spiro atoms. The highest BCUT2D eigenvalue weighted by Crippen LogP contribution is 2.48. The molecule has 1 aromatic heterocycles. The van der Waals surface area contributed by atoms with Crippen molar-refractivity contribution in [1.29, 1.82) is 0 Å². The molecule has 0 saturated carbocycles. The van der Waals surface area contributed by atoms with Crippen LogP contribution in [0.5, 0.6) is 0 Å². The fraction of sp³-hybridized carbons (Fsp3) is 0.417. The van der Waals surface area contributed by atoms with Crippen LogP contribution in [0.1, 0.15) is 54.1 Å². The SMILES string of the molecule is CCC(=O)OCCC1C(=O)N2C(C(=O)OC3OC(=O)c4ccccc43)=C(SCc3c([N+](=O)[O-])nnn3C)CC12. The Hall–Kier alpha value is -4.27. The number of aromatic nitrogens is 3. The van der Waals surface area contributed by atoms with Gasteiger partial charge in [0, 0.05) is 36.1 Å². The zero-order valence-corrected chi connectivity index (χ0v) is 21.7. The van der Waals surface area contributed by atoms with Crippen molar-refractivity contribution in [2.45, 2.75) is 44.3 Å². The summed E-state index contributed by atoms with van der Waals surface area (Å²) in [6.45, 7) is 1.74. The number of hydrogen-bond acceptors (Lipinski definition) is 12. The van der Waals surface area contributed by atoms with E-state index in [1.165, 1.54) is 16.6 Å². The summed E-state index contributed by atoms with van der Waals surface area (Å²) in [7, 11) is 1.52. The van der Waals surface area contributed by atoms with Crippen molar-refractivity contribution in [3.05, 3.63) is 61.8 Å². The third kappa shape index (κ3) is 4.73. The minimum atomic E-state index is -1.28. The predicted octanol–water partition coefficient (Wildman–Crippen LogP) is 2.15. The number of carbonyl (C=O) groups is 4. The summed E-state index contributed by atoms with van der Waals surface area (Å²) in [6.07, 6.45) is -0.470. The zero-order chi connectivity index (χ0) is 27.8. The summed E-state index contributed by atoms with van der Waals surface area (Å²) in [4.78, 5) is 62.8. The average Bonchev–Trinajstić information content (AvgIpc) is 3.56. The molecule has 0 N–H and O–H groups in total. The van der Waals surface area contributed by atoms with Crippen LogP contribution in [0.3, 0.4) is 0 Å². The second kappa shape index (κ2) is 10.5. The number of cyclic esters (lactones) is 1. The molecular formula is C24H23N5O9S. The average molecular weight is 558 g/mol. The fourth-order valence-corrected chi connectivity index (χ4v) is 6.00. The van der Waals surface area contributed by atoms with E-state index in [4.69, 9.17) is 14.2 Å². The number of β-lactam (4-membered cyclic amide) rings is 1. The van der Waals surface area contributed by atoms with Gasteiger partial charge in [0.25, 0.3) is 6.29 Å². The molecule has 15 heteroatoms. The number of hydrogen-bond donors (Lipinski definition) is 0. The maximum absolute atomic E-state index is 13.4. The molecule has 0 bridgehead atoms. The molecule has 5 rings (SSSR count). The van der Waals surface area contributed by atoms with Crippen molar-refractivity contribution in [1.82, 2.24) is 19.9 Å². The fourth-order valence-electron chi connectivity index (χ4n) is 4.77. The normalized spacial score (nSPS) is 21.3. The molecule has 14 nitrogen and oxygen atoms in total. The molecule has 3 unspecified atom stereocenters. The Labute approximate surface area is 225 Å². The number of rotatable bonds is 10. The number of nitro groups is 1. The van der Waals surface area contributed by atoms with Gasteiger partial charge in [0.1, 0.15) is 10.8 Å². The van der Waals surface area contributed by atoms with E-state index in [0.29, 0.717) is 16.9 Å². The summed E-state index contributed by atoms with van der Waals surface area (Å²) in [6, 6.07) is 6.13. The third-order valence-electron chi connectivity index (χ3n) is 6.77. The second-order valence-corrected chi connectivity index (χ2v) is 10.0. The number of carbonyl (C=O) groups excluding carboxylic acids is 4. The summed E-state index contributed by atoms with van der Waals surface area (Å²) in [5.41, 5.74) is 0.894. The lowest BCUT2D eigenvalue weighted by molar-refractivity contribution is -0.390. The Morgan fingerprint density at radius 1 is 1.28 bits per heavy atom. The molecule has 39 heavy (non-hydrogen) atoms. The quantitative estimate of drug-likeness (QED) is 0.180. The number of fused-ring (bicyclic) bond motifs is 2. The van der Waals surface area contributed by atoms with Gasteiger partial charge in [0.15, 0.2) is 5.69 Å². The van der Waals surface area contributed by atoms with Crippen molar-refractivity contribution >= 4 is 41.4 Å². The highest BCUT2D eigenvalue weighted by molar-refractivity contribution is 8.02.